The van der Waals surface area contributed by atoms with Crippen LogP contribution in [0.5, 0.6) is 0 Å². The molecule has 1 saturated heterocycles. The standard InChI is InChI=1S/C34H55N5O8/c1-18(2)16-46-32(45)47-17-23(19(3)4)37-31(44)38-27(33(5,6)7)30(43)39-15-21-24(34(21,8)9)25(39)28(41)36-22(14-20-12-11-13-20)26(40)29(42)35-10/h18-25,27H,10-17H2,1-9H3,(H,36,41)(H2,37,38,44)/t21?,22?,23-,24+,25?,27-/m1/s1. The Labute approximate surface area is 278 Å². The van der Waals surface area contributed by atoms with Crippen LogP contribution in [-0.2, 0) is 28.7 Å². The monoisotopic (exact) mass is 661 g/mol. The second-order valence-electron chi connectivity index (χ2n) is 15.8. The number of likely N-dealkylation sites (tertiary alicyclic amines) is 1. The van der Waals surface area contributed by atoms with E-state index in [0.29, 0.717) is 13.0 Å². The number of Topliss-reactive ketones (excluding diaryl/α,β-unsaturated/α-hetero) is 1. The van der Waals surface area contributed by atoms with Crippen LogP contribution in [0.4, 0.5) is 9.59 Å². The van der Waals surface area contributed by atoms with Gasteiger partial charge >= 0.3 is 18.1 Å². The molecule has 0 aromatic heterocycles. The van der Waals surface area contributed by atoms with Gasteiger partial charge in [0, 0.05) is 6.54 Å². The number of rotatable bonds is 14. The largest absolute Gasteiger partial charge is 0.508 e. The summed E-state index contributed by atoms with van der Waals surface area (Å²) in [6.07, 6.45) is 2.35. The molecule has 3 rings (SSSR count). The van der Waals surface area contributed by atoms with Crippen LogP contribution in [0.25, 0.3) is 0 Å². The van der Waals surface area contributed by atoms with Crippen LogP contribution in [-0.4, -0.2) is 91.2 Å². The molecule has 13 nitrogen and oxygen atoms in total. The lowest BCUT2D eigenvalue weighted by atomic mass is 9.80. The number of ketones is 1. The van der Waals surface area contributed by atoms with E-state index in [-0.39, 0.29) is 48.2 Å². The maximum atomic E-state index is 14.3. The lowest BCUT2D eigenvalue weighted by Crippen LogP contribution is -2.62. The van der Waals surface area contributed by atoms with Gasteiger partial charge in [-0.25, -0.2) is 14.6 Å². The molecular formula is C34H55N5O8. The molecule has 264 valence electrons. The molecule has 3 fully saturated rings. The predicted octanol–water partition coefficient (Wildman–Crippen LogP) is 3.49. The van der Waals surface area contributed by atoms with Crippen molar-refractivity contribution in [2.24, 2.45) is 45.4 Å². The molecule has 0 spiro atoms. The molecule has 1 aliphatic heterocycles. The van der Waals surface area contributed by atoms with E-state index in [2.05, 4.69) is 27.7 Å². The maximum Gasteiger partial charge on any atom is 0.508 e. The summed E-state index contributed by atoms with van der Waals surface area (Å²) in [5.41, 5.74) is -0.944. The number of hydrogen-bond donors (Lipinski definition) is 3. The third kappa shape index (κ3) is 9.31. The van der Waals surface area contributed by atoms with Crippen LogP contribution in [0.15, 0.2) is 4.99 Å². The summed E-state index contributed by atoms with van der Waals surface area (Å²) in [7, 11) is 0. The van der Waals surface area contributed by atoms with Gasteiger partial charge in [0.2, 0.25) is 17.6 Å². The number of amides is 5. The molecule has 0 radical (unpaired) electrons. The van der Waals surface area contributed by atoms with E-state index in [9.17, 15) is 28.8 Å². The first-order chi connectivity index (χ1) is 21.8. The summed E-state index contributed by atoms with van der Waals surface area (Å²) in [6.45, 7) is 20.7. The van der Waals surface area contributed by atoms with Gasteiger partial charge in [-0.1, -0.05) is 81.6 Å². The van der Waals surface area contributed by atoms with Crippen molar-refractivity contribution in [2.45, 2.75) is 112 Å². The van der Waals surface area contributed by atoms with Gasteiger partial charge in [-0.15, -0.1) is 0 Å². The zero-order valence-electron chi connectivity index (χ0n) is 29.5. The van der Waals surface area contributed by atoms with E-state index in [1.807, 2.05) is 62.3 Å². The number of fused-ring (bicyclic) bond motifs is 1. The van der Waals surface area contributed by atoms with Gasteiger partial charge in [0.25, 0.3) is 0 Å². The first kappa shape index (κ1) is 37.9. The van der Waals surface area contributed by atoms with Crippen LogP contribution in [0.3, 0.4) is 0 Å². The van der Waals surface area contributed by atoms with Crippen LogP contribution in [0.1, 0.15) is 88.0 Å². The molecule has 13 heteroatoms. The Morgan fingerprint density at radius 3 is 2.09 bits per heavy atom. The fraction of sp³-hybridized carbons (Fsp3) is 0.794. The highest BCUT2D eigenvalue weighted by atomic mass is 16.7. The van der Waals surface area contributed by atoms with Crippen LogP contribution in [0, 0.1) is 40.4 Å². The summed E-state index contributed by atoms with van der Waals surface area (Å²) >= 11 is 0. The lowest BCUT2D eigenvalue weighted by molar-refractivity contribution is -0.145. The van der Waals surface area contributed by atoms with Crippen molar-refractivity contribution >= 4 is 42.4 Å². The van der Waals surface area contributed by atoms with Gasteiger partial charge in [0.15, 0.2) is 0 Å². The van der Waals surface area contributed by atoms with Crippen LogP contribution < -0.4 is 16.0 Å². The topological polar surface area (TPSA) is 173 Å². The molecule has 2 saturated carbocycles. The van der Waals surface area contributed by atoms with Crippen molar-refractivity contribution < 1.29 is 38.2 Å². The third-order valence-corrected chi connectivity index (χ3v) is 9.97. The molecule has 0 aromatic rings. The second kappa shape index (κ2) is 15.1. The minimum atomic E-state index is -1.05. The van der Waals surface area contributed by atoms with Gasteiger partial charge in [-0.2, -0.15) is 0 Å². The fourth-order valence-corrected chi connectivity index (χ4v) is 6.58. The summed E-state index contributed by atoms with van der Waals surface area (Å²) in [4.78, 5) is 83.4. The summed E-state index contributed by atoms with van der Waals surface area (Å²) in [6, 6.07) is -4.13. The van der Waals surface area contributed by atoms with Crippen LogP contribution >= 0.6 is 0 Å². The number of piperidine rings is 1. The molecule has 3 unspecified atom stereocenters. The zero-order chi connectivity index (χ0) is 35.4. The quantitative estimate of drug-likeness (QED) is 0.144. The molecule has 0 bridgehead atoms. The van der Waals surface area contributed by atoms with Gasteiger partial charge < -0.3 is 30.3 Å². The van der Waals surface area contributed by atoms with E-state index in [1.54, 1.807) is 0 Å². The minimum absolute atomic E-state index is 0.0619. The normalized spacial score (nSPS) is 23.5. The molecule has 6 atom stereocenters. The average Bonchev–Trinajstić information content (AvgIpc) is 3.27. The molecule has 5 amide bonds. The molecule has 47 heavy (non-hydrogen) atoms. The van der Waals surface area contributed by atoms with Crippen LogP contribution in [0.2, 0.25) is 0 Å². The molecule has 0 aromatic carbocycles. The van der Waals surface area contributed by atoms with E-state index in [1.165, 1.54) is 4.90 Å². The maximum absolute atomic E-state index is 14.3. The Bertz CT molecular complexity index is 1220. The first-order valence-electron chi connectivity index (χ1n) is 16.8. The second-order valence-corrected chi connectivity index (χ2v) is 15.8. The fourth-order valence-electron chi connectivity index (χ4n) is 6.58. The highest BCUT2D eigenvalue weighted by Crippen LogP contribution is 2.65. The van der Waals surface area contributed by atoms with Gasteiger partial charge in [0.1, 0.15) is 18.7 Å². The smallest absolute Gasteiger partial charge is 0.434 e. The number of ether oxygens (including phenoxy) is 2. The third-order valence-electron chi connectivity index (χ3n) is 9.97. The Kier molecular flexibility index (Phi) is 12.2. The zero-order valence-corrected chi connectivity index (χ0v) is 29.5. The average molecular weight is 662 g/mol. The van der Waals surface area contributed by atoms with Crippen molar-refractivity contribution in [1.82, 2.24) is 20.9 Å². The molecule has 3 N–H and O–H groups in total. The van der Waals surface area contributed by atoms with Gasteiger partial charge in [0.05, 0.1) is 18.7 Å². The number of carbonyl (C=O) groups excluding carboxylic acids is 6. The Balaban J connectivity index is 1.76. The Morgan fingerprint density at radius 1 is 0.957 bits per heavy atom. The number of hydrogen-bond acceptors (Lipinski definition) is 8. The first-order valence-corrected chi connectivity index (χ1v) is 16.8. The summed E-state index contributed by atoms with van der Waals surface area (Å²) < 4.78 is 10.3. The highest BCUT2D eigenvalue weighted by Gasteiger charge is 2.70. The molecule has 3 aliphatic rings. The number of nitrogens with one attached hydrogen (secondary N) is 3. The molecule has 1 heterocycles. The van der Waals surface area contributed by atoms with E-state index in [0.717, 1.165) is 19.3 Å². The number of nitrogens with zero attached hydrogens (tertiary/aromatic N) is 2. The van der Waals surface area contributed by atoms with E-state index < -0.39 is 65.3 Å². The number of carbonyl (C=O) groups is 6. The number of aliphatic imine (C=N–C) groups is 1. The molecular weight excluding hydrogens is 606 g/mol. The summed E-state index contributed by atoms with van der Waals surface area (Å²) in [5.74, 6) is -2.56. The van der Waals surface area contributed by atoms with E-state index >= 15 is 0 Å². The van der Waals surface area contributed by atoms with Crippen molar-refractivity contribution in [2.75, 3.05) is 19.8 Å². The predicted molar refractivity (Wildman–Crippen MR) is 175 cm³/mol. The van der Waals surface area contributed by atoms with E-state index in [4.69, 9.17) is 9.47 Å². The Morgan fingerprint density at radius 2 is 1.57 bits per heavy atom. The highest BCUT2D eigenvalue weighted by molar-refractivity contribution is 6.39. The Hall–Kier alpha value is -3.51. The van der Waals surface area contributed by atoms with Gasteiger partial charge in [-0.3, -0.25) is 19.2 Å². The SMILES string of the molecule is C=NC(=O)C(=O)C(CC1CCC1)NC(=O)C1[C@@H]2C(CN1C(=O)[C@@H](NC(=O)N[C@H](COC(=O)OCC(C)C)C(C)C)C(C)(C)C)C2(C)C. The minimum Gasteiger partial charge on any atom is -0.434 e. The lowest BCUT2D eigenvalue weighted by Gasteiger charge is -2.38. The molecule has 2 aliphatic carbocycles. The van der Waals surface area contributed by atoms with Crippen molar-refractivity contribution in [3.05, 3.63) is 0 Å². The summed E-state index contributed by atoms with van der Waals surface area (Å²) in [5, 5.41) is 8.44. The van der Waals surface area contributed by atoms with Gasteiger partial charge in [-0.05, 0) is 53.6 Å². The van der Waals surface area contributed by atoms with Crippen molar-refractivity contribution in [3.63, 3.8) is 0 Å². The van der Waals surface area contributed by atoms with Crippen molar-refractivity contribution in [1.29, 1.82) is 0 Å². The number of urea groups is 1. The van der Waals surface area contributed by atoms with Crippen molar-refractivity contribution in [3.8, 4) is 0 Å².